The van der Waals surface area contributed by atoms with Gasteiger partial charge >= 0.3 is 11.9 Å². The summed E-state index contributed by atoms with van der Waals surface area (Å²) in [5, 5.41) is 0. The Balaban J connectivity index is 1.76. The molecule has 172 valence electrons. The molecule has 6 nitrogen and oxygen atoms in total. The van der Waals surface area contributed by atoms with Crippen LogP contribution in [0.1, 0.15) is 60.3 Å². The van der Waals surface area contributed by atoms with Gasteiger partial charge in [-0.15, -0.1) is 0 Å². The van der Waals surface area contributed by atoms with E-state index >= 15 is 0 Å². The Morgan fingerprint density at radius 2 is 1.33 bits per heavy atom. The van der Waals surface area contributed by atoms with Gasteiger partial charge in [0.25, 0.3) is 0 Å². The Morgan fingerprint density at radius 3 is 1.77 bits per heavy atom. The first kappa shape index (κ1) is 23.5. The molecule has 0 spiro atoms. The molecule has 0 amide bonds. The van der Waals surface area contributed by atoms with E-state index in [0.29, 0.717) is 30.3 Å². The van der Waals surface area contributed by atoms with Gasteiger partial charge in [-0.25, -0.2) is 0 Å². The summed E-state index contributed by atoms with van der Waals surface area (Å²) in [6, 6.07) is 0. The van der Waals surface area contributed by atoms with Crippen molar-refractivity contribution in [1.82, 2.24) is 0 Å². The Kier molecular flexibility index (Phi) is 7.49. The van der Waals surface area contributed by atoms with Crippen molar-refractivity contribution in [3.8, 4) is 0 Å². The molecule has 3 aliphatic carbocycles. The molecule has 30 heavy (non-hydrogen) atoms. The third-order valence-corrected chi connectivity index (χ3v) is 7.71. The van der Waals surface area contributed by atoms with E-state index in [9.17, 15) is 9.59 Å². The quantitative estimate of drug-likeness (QED) is 0.313. The highest BCUT2D eigenvalue weighted by Crippen LogP contribution is 2.67. The van der Waals surface area contributed by atoms with Gasteiger partial charge in [0.2, 0.25) is 0 Å². The van der Waals surface area contributed by atoms with Gasteiger partial charge < -0.3 is 18.9 Å². The molecule has 0 N–H and O–H groups in total. The Hall–Kier alpha value is -1.14. The predicted molar refractivity (Wildman–Crippen MR) is 112 cm³/mol. The summed E-state index contributed by atoms with van der Waals surface area (Å²) in [6.45, 7) is 11.1. The highest BCUT2D eigenvalue weighted by molar-refractivity contribution is 5.84. The second-order valence-electron chi connectivity index (χ2n) is 10.7. The van der Waals surface area contributed by atoms with E-state index in [1.54, 1.807) is 0 Å². The fourth-order valence-corrected chi connectivity index (χ4v) is 6.81. The molecule has 3 fully saturated rings. The number of carbonyl (C=O) groups is 2. The number of carbonyl (C=O) groups excluding carboxylic acids is 2. The van der Waals surface area contributed by atoms with E-state index in [2.05, 4.69) is 34.6 Å². The number of esters is 2. The van der Waals surface area contributed by atoms with Crippen molar-refractivity contribution in [2.24, 2.45) is 52.8 Å². The molecule has 0 aliphatic heterocycles. The number of hydrogen-bond donors (Lipinski definition) is 0. The first-order valence-electron chi connectivity index (χ1n) is 11.6. The average molecular weight is 425 g/mol. The van der Waals surface area contributed by atoms with E-state index < -0.39 is 11.8 Å². The minimum absolute atomic E-state index is 0.00586. The maximum Gasteiger partial charge on any atom is 0.312 e. The Morgan fingerprint density at radius 1 is 0.833 bits per heavy atom. The van der Waals surface area contributed by atoms with Crippen LogP contribution in [0.2, 0.25) is 0 Å². The van der Waals surface area contributed by atoms with E-state index in [1.165, 1.54) is 13.5 Å². The van der Waals surface area contributed by atoms with Crippen LogP contribution in [-0.2, 0) is 28.5 Å². The van der Waals surface area contributed by atoms with Crippen LogP contribution >= 0.6 is 0 Å². The zero-order valence-corrected chi connectivity index (χ0v) is 19.5. The molecule has 0 heterocycles. The summed E-state index contributed by atoms with van der Waals surface area (Å²) in [5.41, 5.74) is 0.00586. The second-order valence-corrected chi connectivity index (χ2v) is 10.7. The Bertz CT molecular complexity index is 611. The van der Waals surface area contributed by atoms with Gasteiger partial charge in [0.05, 0.1) is 18.4 Å². The highest BCUT2D eigenvalue weighted by atomic mass is 16.7. The Labute approximate surface area is 181 Å². The summed E-state index contributed by atoms with van der Waals surface area (Å²) in [7, 11) is 1.50. The zero-order chi connectivity index (χ0) is 22.1. The topological polar surface area (TPSA) is 71.1 Å². The molecule has 6 heteroatoms. The van der Waals surface area contributed by atoms with Crippen molar-refractivity contribution in [2.45, 2.75) is 60.3 Å². The predicted octanol–water partition coefficient (Wildman–Crippen LogP) is 4.27. The van der Waals surface area contributed by atoms with Gasteiger partial charge in [0, 0.05) is 7.11 Å². The van der Waals surface area contributed by atoms with Crippen LogP contribution in [-0.4, -0.2) is 39.2 Å². The fraction of sp³-hybridized carbons (Fsp3) is 0.917. The summed E-state index contributed by atoms with van der Waals surface area (Å²) in [6.07, 6.45) is 4.41. The lowest BCUT2D eigenvalue weighted by Crippen LogP contribution is -2.44. The van der Waals surface area contributed by atoms with E-state index in [4.69, 9.17) is 18.9 Å². The first-order valence-corrected chi connectivity index (χ1v) is 11.6. The smallest absolute Gasteiger partial charge is 0.312 e. The molecule has 3 rings (SSSR count). The van der Waals surface area contributed by atoms with Crippen molar-refractivity contribution < 1.29 is 28.5 Å². The van der Waals surface area contributed by atoms with Crippen LogP contribution in [0.5, 0.6) is 0 Å². The minimum atomic E-state index is -0.427. The van der Waals surface area contributed by atoms with Crippen molar-refractivity contribution >= 4 is 11.9 Å². The molecule has 2 bridgehead atoms. The number of hydrogen-bond acceptors (Lipinski definition) is 6. The molecule has 0 saturated heterocycles. The molecular weight excluding hydrogens is 384 g/mol. The molecular formula is C24H40O6. The number of ether oxygens (including phenoxy) is 4. The molecule has 8 atom stereocenters. The molecule has 3 saturated carbocycles. The molecule has 0 aromatic heterocycles. The van der Waals surface area contributed by atoms with Gasteiger partial charge in [0.1, 0.15) is 0 Å². The van der Waals surface area contributed by atoms with Crippen LogP contribution in [0.4, 0.5) is 0 Å². The van der Waals surface area contributed by atoms with Gasteiger partial charge in [-0.05, 0) is 53.8 Å². The van der Waals surface area contributed by atoms with Gasteiger partial charge in [0.15, 0.2) is 13.6 Å². The monoisotopic (exact) mass is 424 g/mol. The summed E-state index contributed by atoms with van der Waals surface area (Å²) in [4.78, 5) is 26.1. The number of rotatable bonds is 9. The number of fused-ring (bicyclic) bond motifs is 5. The largest absolute Gasteiger partial charge is 0.438 e. The van der Waals surface area contributed by atoms with E-state index in [-0.39, 0.29) is 42.8 Å². The van der Waals surface area contributed by atoms with Crippen molar-refractivity contribution in [3.63, 3.8) is 0 Å². The van der Waals surface area contributed by atoms with Gasteiger partial charge in [-0.2, -0.15) is 0 Å². The lowest BCUT2D eigenvalue weighted by Gasteiger charge is -2.38. The third-order valence-electron chi connectivity index (χ3n) is 7.71. The standard InChI is InChI=1S/C24H40O6/c1-7-14-9-15(8-2)19-17-10-16(18(14)19)20(22(25)29-12-27-6)21(17)23(26)30-13-28-11-24(3,4)5/h14-21H,7-13H2,1-6H3. The molecule has 0 aromatic rings. The summed E-state index contributed by atoms with van der Waals surface area (Å²) >= 11 is 0. The minimum Gasteiger partial charge on any atom is -0.438 e. The number of methoxy groups -OCH3 is 1. The highest BCUT2D eigenvalue weighted by Gasteiger charge is 2.67. The average Bonchev–Trinajstić information content (AvgIpc) is 3.37. The van der Waals surface area contributed by atoms with Crippen LogP contribution < -0.4 is 0 Å². The molecule has 8 unspecified atom stereocenters. The maximum absolute atomic E-state index is 13.1. The second kappa shape index (κ2) is 9.56. The van der Waals surface area contributed by atoms with Crippen LogP contribution in [0.25, 0.3) is 0 Å². The molecule has 3 aliphatic rings. The van der Waals surface area contributed by atoms with Crippen LogP contribution in [0.3, 0.4) is 0 Å². The van der Waals surface area contributed by atoms with Crippen LogP contribution in [0, 0.1) is 52.8 Å². The first-order chi connectivity index (χ1) is 14.2. The fourth-order valence-electron chi connectivity index (χ4n) is 6.81. The lowest BCUT2D eigenvalue weighted by molar-refractivity contribution is -0.179. The van der Waals surface area contributed by atoms with E-state index in [1.807, 2.05) is 0 Å². The molecule has 0 aromatic carbocycles. The normalized spacial score (nSPS) is 37.3. The summed E-state index contributed by atoms with van der Waals surface area (Å²) < 4.78 is 21.4. The van der Waals surface area contributed by atoms with Crippen molar-refractivity contribution in [3.05, 3.63) is 0 Å². The van der Waals surface area contributed by atoms with Crippen LogP contribution in [0.15, 0.2) is 0 Å². The van der Waals surface area contributed by atoms with Crippen molar-refractivity contribution in [1.29, 1.82) is 0 Å². The van der Waals surface area contributed by atoms with Crippen molar-refractivity contribution in [2.75, 3.05) is 27.3 Å². The van der Waals surface area contributed by atoms with E-state index in [0.717, 1.165) is 19.3 Å². The lowest BCUT2D eigenvalue weighted by atomic mass is 9.65. The van der Waals surface area contributed by atoms with Gasteiger partial charge in [-0.3, -0.25) is 9.59 Å². The third kappa shape index (κ3) is 4.55. The molecule has 0 radical (unpaired) electrons. The summed E-state index contributed by atoms with van der Waals surface area (Å²) in [5.74, 6) is 1.26. The maximum atomic E-state index is 13.1. The zero-order valence-electron chi connectivity index (χ0n) is 19.5. The SMILES string of the molecule is CCC1CC(CC)C2C3CC(C(C(=O)OCOC)C3C(=O)OCOCC(C)(C)C)C12. The van der Waals surface area contributed by atoms with Gasteiger partial charge in [-0.1, -0.05) is 47.5 Å².